The molecule has 0 spiro atoms. The molecule has 0 atom stereocenters. The van der Waals surface area contributed by atoms with E-state index in [0.29, 0.717) is 18.1 Å². The van der Waals surface area contributed by atoms with Crippen molar-refractivity contribution in [2.45, 2.75) is 59.3 Å². The number of amides is 3. The molecule has 192 valence electrons. The first-order valence-corrected chi connectivity index (χ1v) is 13.1. The fraction of sp³-hybridized carbons (Fsp3) is 0.393. The summed E-state index contributed by atoms with van der Waals surface area (Å²) < 4.78 is 2.69. The molecule has 3 aromatic rings. The van der Waals surface area contributed by atoms with Crippen LogP contribution in [0.25, 0.3) is 5.69 Å². The van der Waals surface area contributed by atoms with Gasteiger partial charge in [-0.3, -0.25) is 4.79 Å². The minimum atomic E-state index is -0.300. The van der Waals surface area contributed by atoms with E-state index in [2.05, 4.69) is 54.3 Å². The Bertz CT molecular complexity index is 1180. The highest BCUT2D eigenvalue weighted by Crippen LogP contribution is 2.26. The Morgan fingerprint density at radius 1 is 1.03 bits per heavy atom. The summed E-state index contributed by atoms with van der Waals surface area (Å²) in [5, 5.41) is 10.7. The number of anilines is 2. The summed E-state index contributed by atoms with van der Waals surface area (Å²) in [6.45, 7) is 10.8. The SMILES string of the molecule is CCCCCN(CC(=O)Nc1cc(C(C)(C)C)nn1-c1cccc(C)c1)C(=O)Nc1ccc(Br)cc1. The van der Waals surface area contributed by atoms with Gasteiger partial charge in [0.05, 0.1) is 11.4 Å². The van der Waals surface area contributed by atoms with Gasteiger partial charge in [-0.25, -0.2) is 9.48 Å². The highest BCUT2D eigenvalue weighted by atomic mass is 79.9. The second-order valence-electron chi connectivity index (χ2n) is 10.0. The van der Waals surface area contributed by atoms with Crippen LogP contribution >= 0.6 is 15.9 Å². The molecule has 2 N–H and O–H groups in total. The van der Waals surface area contributed by atoms with E-state index in [4.69, 9.17) is 5.10 Å². The fourth-order valence-corrected chi connectivity index (χ4v) is 3.95. The van der Waals surface area contributed by atoms with E-state index in [0.717, 1.165) is 40.7 Å². The van der Waals surface area contributed by atoms with Crippen molar-refractivity contribution in [2.75, 3.05) is 23.7 Å². The molecule has 7 nitrogen and oxygen atoms in total. The molecule has 0 unspecified atom stereocenters. The monoisotopic (exact) mass is 553 g/mol. The number of aromatic nitrogens is 2. The van der Waals surface area contributed by atoms with Crippen molar-refractivity contribution in [3.63, 3.8) is 0 Å². The van der Waals surface area contributed by atoms with Crippen molar-refractivity contribution < 1.29 is 9.59 Å². The van der Waals surface area contributed by atoms with Crippen LogP contribution in [0.2, 0.25) is 0 Å². The average Bonchev–Trinajstić information content (AvgIpc) is 3.24. The van der Waals surface area contributed by atoms with E-state index in [1.165, 1.54) is 0 Å². The lowest BCUT2D eigenvalue weighted by Gasteiger charge is -2.23. The third-order valence-corrected chi connectivity index (χ3v) is 6.27. The maximum absolute atomic E-state index is 13.2. The number of carbonyl (C=O) groups is 2. The van der Waals surface area contributed by atoms with Crippen LogP contribution in [0, 0.1) is 6.92 Å². The molecule has 36 heavy (non-hydrogen) atoms. The van der Waals surface area contributed by atoms with E-state index < -0.39 is 0 Å². The first-order valence-electron chi connectivity index (χ1n) is 12.4. The van der Waals surface area contributed by atoms with Crippen LogP contribution in [0.15, 0.2) is 59.1 Å². The molecule has 0 fully saturated rings. The summed E-state index contributed by atoms with van der Waals surface area (Å²) in [5.74, 6) is 0.309. The number of urea groups is 1. The van der Waals surface area contributed by atoms with E-state index in [9.17, 15) is 9.59 Å². The largest absolute Gasteiger partial charge is 0.322 e. The van der Waals surface area contributed by atoms with Crippen molar-refractivity contribution in [3.8, 4) is 5.69 Å². The lowest BCUT2D eigenvalue weighted by molar-refractivity contribution is -0.116. The molecule has 0 saturated heterocycles. The molecule has 0 aliphatic heterocycles. The van der Waals surface area contributed by atoms with Gasteiger partial charge in [-0.05, 0) is 55.3 Å². The standard InChI is InChI=1S/C28H36BrN5O2/c1-6-7-8-16-33(27(36)30-22-14-12-21(29)13-15-22)19-26(35)31-25-18-24(28(3,4)5)32-34(25)23-11-9-10-20(2)17-23/h9-15,17-18H,6-8,16,19H2,1-5H3,(H,30,36)(H,31,35). The molecule has 0 aliphatic carbocycles. The number of aryl methyl sites for hydroxylation is 1. The number of hydrogen-bond donors (Lipinski definition) is 2. The topological polar surface area (TPSA) is 79.3 Å². The number of nitrogens with one attached hydrogen (secondary N) is 2. The second kappa shape index (κ2) is 12.2. The van der Waals surface area contributed by atoms with Crippen LogP contribution in [-0.4, -0.2) is 39.7 Å². The highest BCUT2D eigenvalue weighted by molar-refractivity contribution is 9.10. The summed E-state index contributed by atoms with van der Waals surface area (Å²) in [6, 6.07) is 17.0. The zero-order valence-electron chi connectivity index (χ0n) is 21.8. The van der Waals surface area contributed by atoms with Gasteiger partial charge < -0.3 is 15.5 Å². The molecule has 1 heterocycles. The lowest BCUT2D eigenvalue weighted by Crippen LogP contribution is -2.41. The molecule has 3 rings (SSSR count). The normalized spacial score (nSPS) is 11.3. The molecule has 1 aromatic heterocycles. The Hall–Kier alpha value is -3.13. The first-order chi connectivity index (χ1) is 17.1. The van der Waals surface area contributed by atoms with Gasteiger partial charge >= 0.3 is 6.03 Å². The predicted octanol–water partition coefficient (Wildman–Crippen LogP) is 6.90. The van der Waals surface area contributed by atoms with Gasteiger partial charge in [-0.15, -0.1) is 0 Å². The summed E-state index contributed by atoms with van der Waals surface area (Å²) >= 11 is 3.40. The van der Waals surface area contributed by atoms with Crippen molar-refractivity contribution in [3.05, 3.63) is 70.3 Å². The smallest absolute Gasteiger partial charge is 0.315 e. The summed E-state index contributed by atoms with van der Waals surface area (Å²) in [5.41, 5.74) is 3.33. The summed E-state index contributed by atoms with van der Waals surface area (Å²) in [6.07, 6.45) is 2.84. The Kier molecular flexibility index (Phi) is 9.31. The fourth-order valence-electron chi connectivity index (χ4n) is 3.69. The number of hydrogen-bond acceptors (Lipinski definition) is 3. The van der Waals surface area contributed by atoms with Gasteiger partial charge in [0, 0.05) is 28.2 Å². The molecule has 0 saturated carbocycles. The van der Waals surface area contributed by atoms with E-state index in [1.807, 2.05) is 61.5 Å². The quantitative estimate of drug-likeness (QED) is 0.282. The Morgan fingerprint density at radius 2 is 1.75 bits per heavy atom. The lowest BCUT2D eigenvalue weighted by atomic mass is 9.92. The Morgan fingerprint density at radius 3 is 2.39 bits per heavy atom. The van der Waals surface area contributed by atoms with E-state index in [1.54, 1.807) is 9.58 Å². The maximum Gasteiger partial charge on any atom is 0.322 e. The molecule has 0 bridgehead atoms. The minimum Gasteiger partial charge on any atom is -0.315 e. The van der Waals surface area contributed by atoms with Crippen molar-refractivity contribution >= 4 is 39.4 Å². The first kappa shape index (κ1) is 27.5. The summed E-state index contributed by atoms with van der Waals surface area (Å²) in [7, 11) is 0. The molecule has 0 aliphatic rings. The van der Waals surface area contributed by atoms with Crippen LogP contribution in [0.3, 0.4) is 0 Å². The second-order valence-corrected chi connectivity index (χ2v) is 10.9. The third-order valence-electron chi connectivity index (χ3n) is 5.74. The van der Waals surface area contributed by atoms with E-state index in [-0.39, 0.29) is 23.9 Å². The average molecular weight is 555 g/mol. The molecular weight excluding hydrogens is 518 g/mol. The number of nitrogens with zero attached hydrogens (tertiary/aromatic N) is 3. The molecule has 3 amide bonds. The summed E-state index contributed by atoms with van der Waals surface area (Å²) in [4.78, 5) is 27.8. The van der Waals surface area contributed by atoms with Crippen LogP contribution in [-0.2, 0) is 10.2 Å². The van der Waals surface area contributed by atoms with Crippen molar-refractivity contribution in [1.29, 1.82) is 0 Å². The Balaban J connectivity index is 1.80. The van der Waals surface area contributed by atoms with Crippen LogP contribution in [0.4, 0.5) is 16.3 Å². The maximum atomic E-state index is 13.2. The van der Waals surface area contributed by atoms with Gasteiger partial charge in [-0.2, -0.15) is 5.10 Å². The van der Waals surface area contributed by atoms with E-state index >= 15 is 0 Å². The van der Waals surface area contributed by atoms with Crippen LogP contribution < -0.4 is 10.6 Å². The minimum absolute atomic E-state index is 0.0596. The molecule has 0 radical (unpaired) electrons. The van der Waals surface area contributed by atoms with Crippen LogP contribution in [0.5, 0.6) is 0 Å². The van der Waals surface area contributed by atoms with Gasteiger partial charge in [-0.1, -0.05) is 68.6 Å². The predicted molar refractivity (Wildman–Crippen MR) is 150 cm³/mol. The zero-order chi connectivity index (χ0) is 26.3. The van der Waals surface area contributed by atoms with Gasteiger partial charge in [0.1, 0.15) is 12.4 Å². The Labute approximate surface area is 222 Å². The van der Waals surface area contributed by atoms with Gasteiger partial charge in [0.15, 0.2) is 0 Å². The number of halogens is 1. The zero-order valence-corrected chi connectivity index (χ0v) is 23.4. The van der Waals surface area contributed by atoms with Crippen molar-refractivity contribution in [2.24, 2.45) is 0 Å². The number of carbonyl (C=O) groups excluding carboxylic acids is 2. The molecule has 8 heteroatoms. The number of unbranched alkanes of at least 4 members (excludes halogenated alkanes) is 2. The number of benzene rings is 2. The molecular formula is C28H36BrN5O2. The number of rotatable bonds is 9. The third kappa shape index (κ3) is 7.68. The molecule has 2 aromatic carbocycles. The van der Waals surface area contributed by atoms with Crippen LogP contribution in [0.1, 0.15) is 58.2 Å². The van der Waals surface area contributed by atoms with Gasteiger partial charge in [0.25, 0.3) is 0 Å². The van der Waals surface area contributed by atoms with Gasteiger partial charge in [0.2, 0.25) is 5.91 Å². The van der Waals surface area contributed by atoms with Crippen molar-refractivity contribution in [1.82, 2.24) is 14.7 Å². The highest BCUT2D eigenvalue weighted by Gasteiger charge is 2.23.